The Morgan fingerprint density at radius 1 is 0.486 bits per heavy atom. The largest absolute Gasteiger partial charge is 0.478 e. The fourth-order valence-electron chi connectivity index (χ4n) is 5.55. The van der Waals surface area contributed by atoms with Crippen LogP contribution in [0, 0.1) is 0 Å². The van der Waals surface area contributed by atoms with Gasteiger partial charge in [-0.05, 0) is 83.0 Å². The highest BCUT2D eigenvalue weighted by Gasteiger charge is 2.28. The molecule has 6 rings (SSSR count). The highest BCUT2D eigenvalue weighted by Crippen LogP contribution is 2.37. The number of carboxylic acid groups (broad SMARTS) is 2. The Morgan fingerprint density at radius 3 is 1.11 bits per heavy atom. The van der Waals surface area contributed by atoms with Gasteiger partial charge in [0.05, 0.1) is 22.3 Å². The molecule has 0 spiro atoms. The van der Waals surface area contributed by atoms with Crippen LogP contribution < -0.4 is 0 Å². The minimum absolute atomic E-state index is 0.0114. The summed E-state index contributed by atoms with van der Waals surface area (Å²) in [6, 6.07) is 12.9. The summed E-state index contributed by atoms with van der Waals surface area (Å²) in [6.45, 7) is 0. The van der Waals surface area contributed by atoms with Crippen LogP contribution in [-0.4, -0.2) is 34.1 Å². The van der Waals surface area contributed by atoms with Crippen molar-refractivity contribution in [2.24, 2.45) is 0 Å². The summed E-state index contributed by atoms with van der Waals surface area (Å²) in [5.74, 6) is -4.32. The van der Waals surface area contributed by atoms with Crippen LogP contribution in [0.25, 0.3) is 21.5 Å². The van der Waals surface area contributed by atoms with E-state index in [9.17, 15) is 29.4 Å². The van der Waals surface area contributed by atoms with Gasteiger partial charge >= 0.3 is 23.9 Å². The zero-order chi connectivity index (χ0) is 24.4. The summed E-state index contributed by atoms with van der Waals surface area (Å²) >= 11 is 0. The number of hydrogen-bond acceptors (Lipinski definition) is 5. The number of ether oxygens (including phenoxy) is 1. The van der Waals surface area contributed by atoms with E-state index in [0.29, 0.717) is 10.8 Å². The number of esters is 2. The SMILES string of the molecule is O=C(O)c1ccc2c3c(ccc(C(=O)OC(=O)c4ccc5c6c(ccc(C(=O)O)c46)CC5)c13)CC2. The van der Waals surface area contributed by atoms with Crippen molar-refractivity contribution in [3.63, 3.8) is 0 Å². The van der Waals surface area contributed by atoms with Gasteiger partial charge in [-0.3, -0.25) is 0 Å². The first-order chi connectivity index (χ1) is 16.8. The first kappa shape index (κ1) is 21.0. The van der Waals surface area contributed by atoms with Crippen LogP contribution in [0.1, 0.15) is 63.7 Å². The van der Waals surface area contributed by atoms with Crippen LogP contribution in [0.5, 0.6) is 0 Å². The van der Waals surface area contributed by atoms with Gasteiger partial charge in [0.25, 0.3) is 0 Å². The number of aryl methyl sites for hydroxylation is 4. The van der Waals surface area contributed by atoms with Crippen LogP contribution in [0.15, 0.2) is 48.5 Å². The van der Waals surface area contributed by atoms with Crippen LogP contribution in [-0.2, 0) is 30.4 Å². The van der Waals surface area contributed by atoms with E-state index < -0.39 is 23.9 Å². The second-order valence-electron chi connectivity index (χ2n) is 8.88. The fraction of sp³-hybridized carbons (Fsp3) is 0.143. The second kappa shape index (κ2) is 7.50. The van der Waals surface area contributed by atoms with Gasteiger partial charge < -0.3 is 14.9 Å². The average molecular weight is 466 g/mol. The van der Waals surface area contributed by atoms with Crippen LogP contribution >= 0.6 is 0 Å². The summed E-state index contributed by atoms with van der Waals surface area (Å²) < 4.78 is 5.24. The number of carbonyl (C=O) groups excluding carboxylic acids is 2. The standard InChI is InChI=1S/C28H18O7/c29-25(30)17-9-5-13-1-3-15-7-11-19(23(17)21(13)15)27(33)35-28(34)20-12-8-16-4-2-14-6-10-18(26(31)32)24(20)22(14)16/h5-12H,1-4H2,(H,29,30)(H,31,32). The zero-order valence-electron chi connectivity index (χ0n) is 18.4. The molecule has 0 aliphatic heterocycles. The maximum atomic E-state index is 13.2. The molecule has 172 valence electrons. The molecule has 0 radical (unpaired) electrons. The fourth-order valence-corrected chi connectivity index (χ4v) is 5.55. The van der Waals surface area contributed by atoms with E-state index in [1.54, 1.807) is 24.3 Å². The minimum atomic E-state index is -1.18. The van der Waals surface area contributed by atoms with Crippen molar-refractivity contribution in [1.29, 1.82) is 0 Å². The summed E-state index contributed by atoms with van der Waals surface area (Å²) in [6.07, 6.45) is 2.95. The smallest absolute Gasteiger partial charge is 0.346 e. The third-order valence-corrected chi connectivity index (χ3v) is 7.08. The Kier molecular flexibility index (Phi) is 4.51. The van der Waals surface area contributed by atoms with Gasteiger partial charge in [-0.15, -0.1) is 0 Å². The molecule has 0 bridgehead atoms. The first-order valence-corrected chi connectivity index (χ1v) is 11.2. The third kappa shape index (κ3) is 3.05. The number of aromatic carboxylic acids is 2. The number of hydrogen-bond donors (Lipinski definition) is 2. The van der Waals surface area contributed by atoms with E-state index in [2.05, 4.69) is 0 Å². The number of carboxylic acids is 2. The van der Waals surface area contributed by atoms with Crippen LogP contribution in [0.3, 0.4) is 0 Å². The van der Waals surface area contributed by atoms with E-state index >= 15 is 0 Å². The van der Waals surface area contributed by atoms with Gasteiger partial charge in [-0.2, -0.15) is 0 Å². The molecule has 0 fully saturated rings. The lowest BCUT2D eigenvalue weighted by Crippen LogP contribution is -2.15. The maximum absolute atomic E-state index is 13.2. The maximum Gasteiger partial charge on any atom is 0.346 e. The van der Waals surface area contributed by atoms with E-state index in [1.807, 2.05) is 0 Å². The molecule has 35 heavy (non-hydrogen) atoms. The quantitative estimate of drug-likeness (QED) is 0.334. The Hall–Kier alpha value is -4.52. The predicted octanol–water partition coefficient (Wildman–Crippen LogP) is 4.58. The van der Waals surface area contributed by atoms with Gasteiger partial charge in [0.15, 0.2) is 0 Å². The molecule has 7 heteroatoms. The minimum Gasteiger partial charge on any atom is -0.478 e. The molecule has 7 nitrogen and oxygen atoms in total. The summed E-state index contributed by atoms with van der Waals surface area (Å²) in [5, 5.41) is 21.4. The molecule has 4 aromatic rings. The molecule has 2 aliphatic carbocycles. The second-order valence-corrected chi connectivity index (χ2v) is 8.88. The average Bonchev–Trinajstić information content (AvgIpc) is 3.45. The predicted molar refractivity (Wildman–Crippen MR) is 126 cm³/mol. The van der Waals surface area contributed by atoms with Gasteiger partial charge in [0.1, 0.15) is 0 Å². The Bertz CT molecular complexity index is 1520. The zero-order valence-corrected chi connectivity index (χ0v) is 18.4. The summed E-state index contributed by atoms with van der Waals surface area (Å²) in [5.41, 5.74) is 3.68. The van der Waals surface area contributed by atoms with Crippen molar-refractivity contribution >= 4 is 45.4 Å². The van der Waals surface area contributed by atoms with Crippen molar-refractivity contribution in [3.05, 3.63) is 93.0 Å². The molecular formula is C28H18O7. The van der Waals surface area contributed by atoms with Gasteiger partial charge in [0, 0.05) is 10.8 Å². The number of rotatable bonds is 4. The lowest BCUT2D eigenvalue weighted by molar-refractivity contribution is 0.0400. The van der Waals surface area contributed by atoms with Crippen molar-refractivity contribution < 1.29 is 34.1 Å². The highest BCUT2D eigenvalue weighted by atomic mass is 16.6. The van der Waals surface area contributed by atoms with Crippen molar-refractivity contribution in [3.8, 4) is 0 Å². The number of benzene rings is 4. The molecule has 0 heterocycles. The molecule has 0 saturated carbocycles. The topological polar surface area (TPSA) is 118 Å². The summed E-state index contributed by atoms with van der Waals surface area (Å²) in [4.78, 5) is 50.3. The molecule has 0 aromatic heterocycles. The molecular weight excluding hydrogens is 448 g/mol. The molecule has 4 aromatic carbocycles. The lowest BCUT2D eigenvalue weighted by atomic mass is 9.94. The van der Waals surface area contributed by atoms with E-state index in [-0.39, 0.29) is 33.0 Å². The third-order valence-electron chi connectivity index (χ3n) is 7.08. The van der Waals surface area contributed by atoms with Crippen molar-refractivity contribution in [2.45, 2.75) is 25.7 Å². The molecule has 0 saturated heterocycles. The van der Waals surface area contributed by atoms with Crippen LogP contribution in [0.4, 0.5) is 0 Å². The van der Waals surface area contributed by atoms with E-state index in [0.717, 1.165) is 47.9 Å². The van der Waals surface area contributed by atoms with E-state index in [4.69, 9.17) is 4.74 Å². The van der Waals surface area contributed by atoms with Gasteiger partial charge in [0.2, 0.25) is 0 Å². The van der Waals surface area contributed by atoms with E-state index in [1.165, 1.54) is 24.3 Å². The monoisotopic (exact) mass is 466 g/mol. The van der Waals surface area contributed by atoms with Gasteiger partial charge in [-0.25, -0.2) is 19.2 Å². The first-order valence-electron chi connectivity index (χ1n) is 11.2. The normalized spacial score (nSPS) is 13.4. The molecule has 2 N–H and O–H groups in total. The van der Waals surface area contributed by atoms with Gasteiger partial charge in [-0.1, -0.05) is 24.3 Å². The molecule has 0 unspecified atom stereocenters. The lowest BCUT2D eigenvalue weighted by Gasteiger charge is -2.13. The molecule has 2 aliphatic rings. The van der Waals surface area contributed by atoms with Crippen molar-refractivity contribution in [2.75, 3.05) is 0 Å². The summed E-state index contributed by atoms with van der Waals surface area (Å²) in [7, 11) is 0. The Balaban J connectivity index is 1.47. The Morgan fingerprint density at radius 2 is 0.800 bits per heavy atom. The Labute approximate surface area is 198 Å². The molecule has 0 amide bonds. The van der Waals surface area contributed by atoms with Crippen molar-refractivity contribution in [1.82, 2.24) is 0 Å². The molecule has 0 atom stereocenters. The van der Waals surface area contributed by atoms with Crippen LogP contribution in [0.2, 0.25) is 0 Å². The number of carbonyl (C=O) groups is 4. The highest BCUT2D eigenvalue weighted by molar-refractivity contribution is 6.20.